The van der Waals surface area contributed by atoms with Crippen molar-refractivity contribution in [1.29, 1.82) is 0 Å². The number of hydrogen-bond acceptors (Lipinski definition) is 4. The van der Waals surface area contributed by atoms with E-state index < -0.39 is 21.7 Å². The second-order valence-corrected chi connectivity index (χ2v) is 9.57. The van der Waals surface area contributed by atoms with E-state index >= 15 is 0 Å². The van der Waals surface area contributed by atoms with E-state index in [4.69, 9.17) is 0 Å². The Labute approximate surface area is 190 Å². The van der Waals surface area contributed by atoms with Gasteiger partial charge in [-0.3, -0.25) is 9.69 Å². The third-order valence-electron chi connectivity index (χ3n) is 5.64. The van der Waals surface area contributed by atoms with Gasteiger partial charge in [0, 0.05) is 45.8 Å². The summed E-state index contributed by atoms with van der Waals surface area (Å²) < 4.78 is 41.3. The van der Waals surface area contributed by atoms with E-state index in [1.807, 2.05) is 30.3 Å². The number of nitrogens with zero attached hydrogens (tertiary/aromatic N) is 3. The van der Waals surface area contributed by atoms with Crippen molar-refractivity contribution in [1.82, 2.24) is 14.1 Å². The Morgan fingerprint density at radius 2 is 1.69 bits per heavy atom. The van der Waals surface area contributed by atoms with Gasteiger partial charge < -0.3 is 4.90 Å². The molecule has 0 spiro atoms. The van der Waals surface area contributed by atoms with Crippen molar-refractivity contribution in [3.63, 3.8) is 0 Å². The highest BCUT2D eigenvalue weighted by atomic mass is 32.2. The molecule has 32 heavy (non-hydrogen) atoms. The molecule has 2 aromatic rings. The van der Waals surface area contributed by atoms with Gasteiger partial charge in [-0.2, -0.15) is 4.31 Å². The SMILES string of the molecule is CCN(CC)S(=O)(=O)c1ccc(F)c(C(=O)N2CCN(CC=Cc3ccccc3)CC2)c1. The zero-order valence-electron chi connectivity index (χ0n) is 18.6. The fourth-order valence-electron chi connectivity index (χ4n) is 3.75. The van der Waals surface area contributed by atoms with Crippen molar-refractivity contribution in [2.75, 3.05) is 45.8 Å². The molecule has 1 heterocycles. The number of carbonyl (C=O) groups excluding carboxylic acids is 1. The summed E-state index contributed by atoms with van der Waals surface area (Å²) in [6.07, 6.45) is 4.16. The molecule has 0 saturated carbocycles. The summed E-state index contributed by atoms with van der Waals surface area (Å²) in [5.41, 5.74) is 0.937. The van der Waals surface area contributed by atoms with Gasteiger partial charge in [0.2, 0.25) is 10.0 Å². The van der Waals surface area contributed by atoms with Crippen LogP contribution >= 0.6 is 0 Å². The van der Waals surface area contributed by atoms with Crippen LogP contribution in [0.2, 0.25) is 0 Å². The minimum Gasteiger partial charge on any atom is -0.336 e. The topological polar surface area (TPSA) is 60.9 Å². The van der Waals surface area contributed by atoms with Gasteiger partial charge in [-0.25, -0.2) is 12.8 Å². The minimum atomic E-state index is -3.77. The van der Waals surface area contributed by atoms with Crippen molar-refractivity contribution >= 4 is 22.0 Å². The van der Waals surface area contributed by atoms with Gasteiger partial charge in [0.25, 0.3) is 5.91 Å². The lowest BCUT2D eigenvalue weighted by molar-refractivity contribution is 0.0645. The van der Waals surface area contributed by atoms with Crippen LogP contribution in [0.5, 0.6) is 0 Å². The summed E-state index contributed by atoms with van der Waals surface area (Å²) in [5, 5.41) is 0. The largest absolute Gasteiger partial charge is 0.336 e. The number of benzene rings is 2. The summed E-state index contributed by atoms with van der Waals surface area (Å²) in [4.78, 5) is 16.7. The molecule has 0 aliphatic carbocycles. The van der Waals surface area contributed by atoms with Crippen LogP contribution in [0, 0.1) is 5.82 Å². The number of halogens is 1. The highest BCUT2D eigenvalue weighted by molar-refractivity contribution is 7.89. The van der Waals surface area contributed by atoms with E-state index in [-0.39, 0.29) is 10.5 Å². The Morgan fingerprint density at radius 1 is 1.03 bits per heavy atom. The average molecular weight is 460 g/mol. The van der Waals surface area contributed by atoms with Crippen molar-refractivity contribution < 1.29 is 17.6 Å². The molecule has 1 saturated heterocycles. The van der Waals surface area contributed by atoms with Crippen LogP contribution in [0.3, 0.4) is 0 Å². The molecule has 1 aliphatic heterocycles. The zero-order valence-corrected chi connectivity index (χ0v) is 19.4. The second-order valence-electron chi connectivity index (χ2n) is 7.64. The molecule has 1 amide bonds. The number of carbonyl (C=O) groups is 1. The molecule has 1 fully saturated rings. The van der Waals surface area contributed by atoms with Crippen molar-refractivity contribution in [3.05, 3.63) is 71.6 Å². The maximum Gasteiger partial charge on any atom is 0.256 e. The lowest BCUT2D eigenvalue weighted by atomic mass is 10.1. The average Bonchev–Trinajstić information content (AvgIpc) is 2.80. The summed E-state index contributed by atoms with van der Waals surface area (Å²) in [6, 6.07) is 13.5. The van der Waals surface area contributed by atoms with E-state index in [1.54, 1.807) is 18.7 Å². The monoisotopic (exact) mass is 459 g/mol. The molecule has 0 N–H and O–H groups in total. The Kier molecular flexibility index (Phi) is 8.17. The third kappa shape index (κ3) is 5.62. The first-order valence-electron chi connectivity index (χ1n) is 10.9. The van der Waals surface area contributed by atoms with Gasteiger partial charge >= 0.3 is 0 Å². The van der Waals surface area contributed by atoms with Crippen LogP contribution in [0.4, 0.5) is 4.39 Å². The number of piperazine rings is 1. The van der Waals surface area contributed by atoms with Crippen LogP contribution in [-0.2, 0) is 10.0 Å². The van der Waals surface area contributed by atoms with Crippen LogP contribution in [-0.4, -0.2) is 74.2 Å². The molecule has 1 aliphatic rings. The molecule has 0 atom stereocenters. The van der Waals surface area contributed by atoms with Crippen molar-refractivity contribution in [2.24, 2.45) is 0 Å². The van der Waals surface area contributed by atoms with Gasteiger partial charge in [-0.05, 0) is 23.8 Å². The molecule has 172 valence electrons. The van der Waals surface area contributed by atoms with Crippen LogP contribution in [0.1, 0.15) is 29.8 Å². The fourth-order valence-corrected chi connectivity index (χ4v) is 5.23. The molecule has 2 aromatic carbocycles. The molecule has 0 aromatic heterocycles. The normalized spacial score (nSPS) is 15.6. The molecule has 3 rings (SSSR count). The Balaban J connectivity index is 1.64. The lowest BCUT2D eigenvalue weighted by Crippen LogP contribution is -2.48. The van der Waals surface area contributed by atoms with Crippen LogP contribution in [0.25, 0.3) is 6.08 Å². The van der Waals surface area contributed by atoms with Gasteiger partial charge in [0.05, 0.1) is 10.5 Å². The zero-order chi connectivity index (χ0) is 23.1. The van der Waals surface area contributed by atoms with Crippen LogP contribution in [0.15, 0.2) is 59.5 Å². The summed E-state index contributed by atoms with van der Waals surface area (Å²) in [7, 11) is -3.77. The Bertz CT molecular complexity index is 1050. The van der Waals surface area contributed by atoms with Crippen molar-refractivity contribution in [3.8, 4) is 0 Å². The van der Waals surface area contributed by atoms with Gasteiger partial charge in [-0.1, -0.05) is 56.3 Å². The van der Waals surface area contributed by atoms with E-state index in [9.17, 15) is 17.6 Å². The molecule has 8 heteroatoms. The first-order chi connectivity index (χ1) is 15.4. The first kappa shape index (κ1) is 24.1. The molecule has 0 bridgehead atoms. The molecule has 0 unspecified atom stereocenters. The fraction of sp³-hybridized carbons (Fsp3) is 0.375. The van der Waals surface area contributed by atoms with Crippen molar-refractivity contribution in [2.45, 2.75) is 18.7 Å². The second kappa shape index (κ2) is 10.8. The van der Waals surface area contributed by atoms with Gasteiger partial charge in [0.1, 0.15) is 5.82 Å². The predicted molar refractivity (Wildman–Crippen MR) is 124 cm³/mol. The number of amides is 1. The quantitative estimate of drug-likeness (QED) is 0.608. The highest BCUT2D eigenvalue weighted by Gasteiger charge is 2.27. The first-order valence-corrected chi connectivity index (χ1v) is 12.3. The summed E-state index contributed by atoms with van der Waals surface area (Å²) in [6.45, 7) is 7.13. The van der Waals surface area contributed by atoms with E-state index in [0.717, 1.165) is 18.2 Å². The van der Waals surface area contributed by atoms with E-state index in [1.165, 1.54) is 16.4 Å². The van der Waals surface area contributed by atoms with E-state index in [0.29, 0.717) is 39.3 Å². The number of hydrogen-bond donors (Lipinski definition) is 0. The number of sulfonamides is 1. The number of rotatable bonds is 8. The standard InChI is InChI=1S/C24H30FN3O3S/c1-3-28(4-2)32(30,31)21-12-13-23(25)22(19-21)24(29)27-17-15-26(16-18-27)14-8-11-20-9-6-5-7-10-20/h5-13,19H,3-4,14-18H2,1-2H3. The Hall–Kier alpha value is -2.55. The smallest absolute Gasteiger partial charge is 0.256 e. The van der Waals surface area contributed by atoms with E-state index in [2.05, 4.69) is 17.1 Å². The summed E-state index contributed by atoms with van der Waals surface area (Å²) in [5.74, 6) is -1.18. The Morgan fingerprint density at radius 3 is 2.31 bits per heavy atom. The molecule has 6 nitrogen and oxygen atoms in total. The van der Waals surface area contributed by atoms with Gasteiger partial charge in [-0.15, -0.1) is 0 Å². The molecular weight excluding hydrogens is 429 g/mol. The van der Waals surface area contributed by atoms with Crippen LogP contribution < -0.4 is 0 Å². The summed E-state index contributed by atoms with van der Waals surface area (Å²) >= 11 is 0. The van der Waals surface area contributed by atoms with Gasteiger partial charge in [0.15, 0.2) is 0 Å². The lowest BCUT2D eigenvalue weighted by Gasteiger charge is -2.34. The minimum absolute atomic E-state index is 0.0596. The molecular formula is C24H30FN3O3S. The maximum absolute atomic E-state index is 14.5. The third-order valence-corrected chi connectivity index (χ3v) is 7.69. The molecule has 0 radical (unpaired) electrons. The highest BCUT2D eigenvalue weighted by Crippen LogP contribution is 2.21. The predicted octanol–water partition coefficient (Wildman–Crippen LogP) is 3.33. The maximum atomic E-state index is 14.5.